The van der Waals surface area contributed by atoms with E-state index < -0.39 is 12.1 Å². The molecule has 0 heterocycles. The van der Waals surface area contributed by atoms with E-state index in [1.807, 2.05) is 19.1 Å². The van der Waals surface area contributed by atoms with E-state index in [1.54, 1.807) is 19.1 Å². The highest BCUT2D eigenvalue weighted by Crippen LogP contribution is 2.08. The van der Waals surface area contributed by atoms with Crippen molar-refractivity contribution in [2.24, 2.45) is 0 Å². The monoisotopic (exact) mass is 296 g/mol. The SMILES string of the molecule is CCCc1ccc(C(=O)OOOC(=O)OC(C)CC)cc1. The number of hydrogen-bond acceptors (Lipinski definition) is 6. The van der Waals surface area contributed by atoms with Gasteiger partial charge in [0.2, 0.25) is 0 Å². The van der Waals surface area contributed by atoms with Crippen LogP contribution in [-0.4, -0.2) is 18.2 Å². The molecule has 0 radical (unpaired) electrons. The van der Waals surface area contributed by atoms with Crippen molar-refractivity contribution in [2.75, 3.05) is 0 Å². The quantitative estimate of drug-likeness (QED) is 0.435. The van der Waals surface area contributed by atoms with E-state index in [9.17, 15) is 9.59 Å². The summed E-state index contributed by atoms with van der Waals surface area (Å²) in [6.07, 6.45) is 1.24. The van der Waals surface area contributed by atoms with Crippen LogP contribution in [-0.2, 0) is 26.0 Å². The molecule has 0 saturated heterocycles. The standard InChI is InChI=1S/C15H20O6/c1-4-6-12-7-9-13(10-8-12)14(16)19-21-20-15(17)18-11(3)5-2/h7-11H,4-6H2,1-3H3. The summed E-state index contributed by atoms with van der Waals surface area (Å²) >= 11 is 0. The molecule has 1 atom stereocenters. The largest absolute Gasteiger partial charge is 0.543 e. The number of carbonyl (C=O) groups is 2. The maximum atomic E-state index is 11.6. The van der Waals surface area contributed by atoms with Gasteiger partial charge in [0.25, 0.3) is 0 Å². The van der Waals surface area contributed by atoms with Crippen molar-refractivity contribution in [3.05, 3.63) is 35.4 Å². The fourth-order valence-electron chi connectivity index (χ4n) is 1.49. The van der Waals surface area contributed by atoms with Gasteiger partial charge in [-0.15, -0.1) is 0 Å². The van der Waals surface area contributed by atoms with Crippen molar-refractivity contribution in [2.45, 2.75) is 46.1 Å². The van der Waals surface area contributed by atoms with Crippen LogP contribution in [0.3, 0.4) is 0 Å². The van der Waals surface area contributed by atoms with Gasteiger partial charge in [-0.05, 0) is 37.5 Å². The van der Waals surface area contributed by atoms with Crippen LogP contribution in [0.25, 0.3) is 0 Å². The minimum absolute atomic E-state index is 0.300. The lowest BCUT2D eigenvalue weighted by Crippen LogP contribution is -2.16. The van der Waals surface area contributed by atoms with Crippen molar-refractivity contribution in [1.82, 2.24) is 0 Å². The van der Waals surface area contributed by atoms with E-state index in [-0.39, 0.29) is 6.10 Å². The van der Waals surface area contributed by atoms with Crippen LogP contribution in [0.1, 0.15) is 49.5 Å². The zero-order chi connectivity index (χ0) is 15.7. The van der Waals surface area contributed by atoms with Crippen LogP contribution in [0.15, 0.2) is 24.3 Å². The Labute approximate surface area is 123 Å². The number of ether oxygens (including phenoxy) is 1. The second-order valence-electron chi connectivity index (χ2n) is 4.56. The Morgan fingerprint density at radius 2 is 1.76 bits per heavy atom. The molecule has 0 amide bonds. The maximum absolute atomic E-state index is 11.6. The van der Waals surface area contributed by atoms with E-state index in [2.05, 4.69) is 21.7 Å². The van der Waals surface area contributed by atoms with Crippen LogP contribution in [0, 0.1) is 0 Å². The first-order chi connectivity index (χ1) is 10.1. The molecule has 21 heavy (non-hydrogen) atoms. The number of benzene rings is 1. The molecule has 0 aromatic heterocycles. The van der Waals surface area contributed by atoms with E-state index in [0.29, 0.717) is 12.0 Å². The third-order valence-corrected chi connectivity index (χ3v) is 2.81. The molecule has 0 saturated carbocycles. The third-order valence-electron chi connectivity index (χ3n) is 2.81. The van der Waals surface area contributed by atoms with E-state index >= 15 is 0 Å². The predicted octanol–water partition coefficient (Wildman–Crippen LogP) is 3.59. The lowest BCUT2D eigenvalue weighted by atomic mass is 10.1. The average molecular weight is 296 g/mol. The molecule has 0 aliphatic carbocycles. The van der Waals surface area contributed by atoms with Gasteiger partial charge >= 0.3 is 12.1 Å². The Kier molecular flexibility index (Phi) is 7.25. The van der Waals surface area contributed by atoms with Crippen molar-refractivity contribution >= 4 is 12.1 Å². The normalized spacial score (nSPS) is 11.6. The fourth-order valence-corrected chi connectivity index (χ4v) is 1.49. The molecule has 6 heteroatoms. The Morgan fingerprint density at radius 3 is 2.33 bits per heavy atom. The number of rotatable bonds is 7. The number of hydrogen-bond donors (Lipinski definition) is 0. The topological polar surface area (TPSA) is 71.1 Å². The highest BCUT2D eigenvalue weighted by atomic mass is 17.5. The van der Waals surface area contributed by atoms with Gasteiger partial charge in [0.15, 0.2) is 0 Å². The lowest BCUT2D eigenvalue weighted by Gasteiger charge is -2.08. The van der Waals surface area contributed by atoms with E-state index in [1.165, 1.54) is 0 Å². The molecule has 0 aliphatic heterocycles. The second kappa shape index (κ2) is 8.97. The summed E-state index contributed by atoms with van der Waals surface area (Å²) in [5, 5.41) is 4.11. The average Bonchev–Trinajstić information content (AvgIpc) is 2.48. The van der Waals surface area contributed by atoms with Gasteiger partial charge in [-0.1, -0.05) is 32.4 Å². The van der Waals surface area contributed by atoms with Crippen LogP contribution < -0.4 is 0 Å². The van der Waals surface area contributed by atoms with E-state index in [4.69, 9.17) is 4.74 Å². The summed E-state index contributed by atoms with van der Waals surface area (Å²) in [4.78, 5) is 31.2. The number of carbonyl (C=O) groups excluding carboxylic acids is 2. The first-order valence-corrected chi connectivity index (χ1v) is 6.91. The molecule has 0 bridgehead atoms. The zero-order valence-electron chi connectivity index (χ0n) is 12.5. The Hall–Kier alpha value is -2.08. The molecule has 0 aliphatic rings. The van der Waals surface area contributed by atoms with Crippen LogP contribution in [0.5, 0.6) is 0 Å². The minimum atomic E-state index is -1.06. The van der Waals surface area contributed by atoms with E-state index in [0.717, 1.165) is 18.4 Å². The van der Waals surface area contributed by atoms with Gasteiger partial charge < -0.3 is 4.74 Å². The van der Waals surface area contributed by atoms with Gasteiger partial charge in [0.05, 0.1) is 10.6 Å². The maximum Gasteiger partial charge on any atom is 0.543 e. The van der Waals surface area contributed by atoms with Gasteiger partial charge in [0, 0.05) is 0 Å². The molecule has 1 aromatic rings. The number of aryl methyl sites for hydroxylation is 1. The molecule has 6 nitrogen and oxygen atoms in total. The molecule has 116 valence electrons. The van der Waals surface area contributed by atoms with Gasteiger partial charge in [0.1, 0.15) is 6.10 Å². The molecule has 0 N–H and O–H groups in total. The van der Waals surface area contributed by atoms with Crippen molar-refractivity contribution in [3.63, 3.8) is 0 Å². The molecule has 1 rings (SSSR count). The third kappa shape index (κ3) is 6.27. The smallest absolute Gasteiger partial charge is 0.429 e. The van der Waals surface area contributed by atoms with Crippen LogP contribution in [0.4, 0.5) is 4.79 Å². The van der Waals surface area contributed by atoms with Gasteiger partial charge in [-0.2, -0.15) is 0 Å². The predicted molar refractivity (Wildman–Crippen MR) is 74.3 cm³/mol. The molecular weight excluding hydrogens is 276 g/mol. The highest BCUT2D eigenvalue weighted by Gasteiger charge is 2.13. The van der Waals surface area contributed by atoms with Gasteiger partial charge in [-0.25, -0.2) is 14.5 Å². The summed E-state index contributed by atoms with van der Waals surface area (Å²) in [5.74, 6) is -0.755. The Morgan fingerprint density at radius 1 is 1.10 bits per heavy atom. The minimum Gasteiger partial charge on any atom is -0.429 e. The van der Waals surface area contributed by atoms with Crippen molar-refractivity contribution in [1.29, 1.82) is 0 Å². The molecule has 1 unspecified atom stereocenters. The molecule has 0 fully saturated rings. The molecular formula is C15H20O6. The van der Waals surface area contributed by atoms with Crippen LogP contribution in [0.2, 0.25) is 0 Å². The zero-order valence-corrected chi connectivity index (χ0v) is 12.5. The Bertz CT molecular complexity index is 454. The second-order valence-corrected chi connectivity index (χ2v) is 4.56. The lowest BCUT2D eigenvalue weighted by molar-refractivity contribution is -0.452. The summed E-state index contributed by atoms with van der Waals surface area (Å²) < 4.78 is 4.75. The molecule has 1 aromatic carbocycles. The fraction of sp³-hybridized carbons (Fsp3) is 0.467. The van der Waals surface area contributed by atoms with Crippen molar-refractivity contribution in [3.8, 4) is 0 Å². The van der Waals surface area contributed by atoms with Gasteiger partial charge in [-0.3, -0.25) is 4.89 Å². The first kappa shape index (κ1) is 17.0. The summed E-state index contributed by atoms with van der Waals surface area (Å²) in [6, 6.07) is 6.90. The first-order valence-electron chi connectivity index (χ1n) is 6.91. The summed E-state index contributed by atoms with van der Waals surface area (Å²) in [7, 11) is 0. The highest BCUT2D eigenvalue weighted by molar-refractivity contribution is 5.88. The summed E-state index contributed by atoms with van der Waals surface area (Å²) in [5.41, 5.74) is 1.43. The van der Waals surface area contributed by atoms with Crippen LogP contribution >= 0.6 is 0 Å². The van der Waals surface area contributed by atoms with Crippen molar-refractivity contribution < 1.29 is 29.1 Å². The summed E-state index contributed by atoms with van der Waals surface area (Å²) in [6.45, 7) is 5.62. The molecule has 0 spiro atoms. The Balaban J connectivity index is 2.35.